The van der Waals surface area contributed by atoms with Crippen molar-refractivity contribution in [3.8, 4) is 0 Å². The lowest BCUT2D eigenvalue weighted by Gasteiger charge is -2.12. The summed E-state index contributed by atoms with van der Waals surface area (Å²) in [5.74, 6) is 0.507. The second-order valence-corrected chi connectivity index (χ2v) is 2.44. The molecule has 3 nitrogen and oxygen atoms in total. The van der Waals surface area contributed by atoms with Crippen LogP contribution < -0.4 is 5.73 Å². The van der Waals surface area contributed by atoms with E-state index in [1.807, 2.05) is 0 Å². The largest absolute Gasteiger partial charge is 0.463 e. The van der Waals surface area contributed by atoms with E-state index in [0.29, 0.717) is 5.92 Å². The highest BCUT2D eigenvalue weighted by Gasteiger charge is 2.54. The van der Waals surface area contributed by atoms with Gasteiger partial charge in [-0.3, -0.25) is 10.7 Å². The quantitative estimate of drug-likeness (QED) is 0.468. The number of rotatable bonds is 0. The summed E-state index contributed by atoms with van der Waals surface area (Å²) in [6.07, 6.45) is 2.44. The zero-order valence-electron chi connectivity index (χ0n) is 4.50. The minimum absolute atomic E-state index is 0.304. The van der Waals surface area contributed by atoms with Crippen LogP contribution in [0, 0.1) is 5.92 Å². The lowest BCUT2D eigenvalue weighted by molar-refractivity contribution is 0.155. The van der Waals surface area contributed by atoms with Crippen LogP contribution in [0.1, 0.15) is 6.42 Å². The molecule has 1 aliphatic carbocycles. The van der Waals surface area contributed by atoms with E-state index in [0.717, 1.165) is 13.0 Å². The molecular weight excluding hydrogens is 104 g/mol. The van der Waals surface area contributed by atoms with Crippen LogP contribution in [-0.4, -0.2) is 18.7 Å². The maximum atomic E-state index is 5.64. The summed E-state index contributed by atoms with van der Waals surface area (Å²) in [7, 11) is 0. The highest BCUT2D eigenvalue weighted by atomic mass is 16.5. The first-order chi connectivity index (χ1) is 3.81. The smallest absolute Gasteiger partial charge is 0.172 e. The fraction of sp³-hybridized carbons (Fsp3) is 0.800. The number of fused-ring (bicyclic) bond motifs is 1. The van der Waals surface area contributed by atoms with Gasteiger partial charge < -0.3 is 4.74 Å². The molecule has 0 radical (unpaired) electrons. The lowest BCUT2D eigenvalue weighted by Crippen LogP contribution is -2.31. The van der Waals surface area contributed by atoms with Crippen molar-refractivity contribution in [2.24, 2.45) is 16.6 Å². The molecule has 0 bridgehead atoms. The summed E-state index contributed by atoms with van der Waals surface area (Å²) in [6.45, 7) is 0.858. The van der Waals surface area contributed by atoms with Gasteiger partial charge in [-0.05, 0) is 0 Å². The van der Waals surface area contributed by atoms with Crippen LogP contribution >= 0.6 is 0 Å². The third-order valence-electron chi connectivity index (χ3n) is 1.77. The zero-order chi connectivity index (χ0) is 5.61. The number of nitrogens with two attached hydrogens (primary N) is 1. The molecule has 2 unspecified atom stereocenters. The normalized spacial score (nSPS) is 49.9. The van der Waals surface area contributed by atoms with Gasteiger partial charge in [-0.2, -0.15) is 0 Å². The average molecular weight is 112 g/mol. The van der Waals surface area contributed by atoms with Crippen LogP contribution in [0.15, 0.2) is 4.99 Å². The van der Waals surface area contributed by atoms with Gasteiger partial charge in [0.2, 0.25) is 0 Å². The Labute approximate surface area is 47.5 Å². The fourth-order valence-corrected chi connectivity index (χ4v) is 0.995. The molecule has 0 aromatic carbocycles. The number of ether oxygens (including phenoxy) is 1. The van der Waals surface area contributed by atoms with Crippen LogP contribution in [0.3, 0.4) is 0 Å². The van der Waals surface area contributed by atoms with Gasteiger partial charge in [-0.1, -0.05) is 0 Å². The number of hydrogen-bond acceptors (Lipinski definition) is 3. The number of hydrogen-bond donors (Lipinski definition) is 1. The molecule has 0 spiro atoms. The minimum Gasteiger partial charge on any atom is -0.463 e. The van der Waals surface area contributed by atoms with Crippen molar-refractivity contribution >= 4 is 6.40 Å². The Morgan fingerprint density at radius 1 is 1.88 bits per heavy atom. The summed E-state index contributed by atoms with van der Waals surface area (Å²) in [5, 5.41) is 0. The summed E-state index contributed by atoms with van der Waals surface area (Å²) >= 11 is 0. The van der Waals surface area contributed by atoms with Gasteiger partial charge in [0.05, 0.1) is 6.54 Å². The molecule has 2 rings (SSSR count). The van der Waals surface area contributed by atoms with Crippen LogP contribution in [0.5, 0.6) is 0 Å². The van der Waals surface area contributed by atoms with E-state index < -0.39 is 0 Å². The zero-order valence-corrected chi connectivity index (χ0v) is 4.50. The highest BCUT2D eigenvalue weighted by molar-refractivity contribution is 5.50. The average Bonchev–Trinajstić information content (AvgIpc) is 2.39. The molecule has 1 aliphatic heterocycles. The Kier molecular flexibility index (Phi) is 0.568. The SMILES string of the molecule is NC12CC1CN=CO2. The minimum atomic E-state index is -0.304. The molecule has 2 atom stereocenters. The maximum absolute atomic E-state index is 5.64. The second kappa shape index (κ2) is 1.05. The molecule has 0 saturated heterocycles. The molecule has 3 heteroatoms. The molecule has 0 amide bonds. The summed E-state index contributed by atoms with van der Waals surface area (Å²) in [6, 6.07) is 0. The van der Waals surface area contributed by atoms with Crippen LogP contribution in [-0.2, 0) is 4.74 Å². The van der Waals surface area contributed by atoms with E-state index in [4.69, 9.17) is 10.5 Å². The maximum Gasteiger partial charge on any atom is 0.172 e. The van der Waals surface area contributed by atoms with E-state index in [-0.39, 0.29) is 5.72 Å². The molecule has 2 N–H and O–H groups in total. The van der Waals surface area contributed by atoms with Gasteiger partial charge in [0.1, 0.15) is 0 Å². The van der Waals surface area contributed by atoms with E-state index in [9.17, 15) is 0 Å². The van der Waals surface area contributed by atoms with Gasteiger partial charge >= 0.3 is 0 Å². The van der Waals surface area contributed by atoms with Crippen molar-refractivity contribution < 1.29 is 4.74 Å². The third-order valence-corrected chi connectivity index (χ3v) is 1.77. The second-order valence-electron chi connectivity index (χ2n) is 2.44. The van der Waals surface area contributed by atoms with Gasteiger partial charge in [-0.15, -0.1) is 0 Å². The predicted molar refractivity (Wildman–Crippen MR) is 29.5 cm³/mol. The Morgan fingerprint density at radius 3 is 3.25 bits per heavy atom. The first kappa shape index (κ1) is 4.32. The topological polar surface area (TPSA) is 47.6 Å². The van der Waals surface area contributed by atoms with Crippen molar-refractivity contribution in [3.63, 3.8) is 0 Å². The van der Waals surface area contributed by atoms with Gasteiger partial charge in [-0.25, -0.2) is 0 Å². The third kappa shape index (κ3) is 0.395. The fourth-order valence-electron chi connectivity index (χ4n) is 0.995. The molecule has 8 heavy (non-hydrogen) atoms. The first-order valence-electron chi connectivity index (χ1n) is 2.76. The van der Waals surface area contributed by atoms with Gasteiger partial charge in [0, 0.05) is 12.3 Å². The van der Waals surface area contributed by atoms with Crippen molar-refractivity contribution in [2.45, 2.75) is 12.1 Å². The van der Waals surface area contributed by atoms with Gasteiger partial charge in [0.15, 0.2) is 12.1 Å². The Bertz CT molecular complexity index is 145. The van der Waals surface area contributed by atoms with Crippen molar-refractivity contribution in [3.05, 3.63) is 0 Å². The number of nitrogens with zero attached hydrogens (tertiary/aromatic N) is 1. The van der Waals surface area contributed by atoms with E-state index in [1.165, 1.54) is 6.40 Å². The van der Waals surface area contributed by atoms with Crippen LogP contribution in [0.25, 0.3) is 0 Å². The van der Waals surface area contributed by atoms with E-state index in [1.54, 1.807) is 0 Å². The van der Waals surface area contributed by atoms with Crippen LogP contribution in [0.2, 0.25) is 0 Å². The molecule has 1 fully saturated rings. The van der Waals surface area contributed by atoms with Gasteiger partial charge in [0.25, 0.3) is 0 Å². The van der Waals surface area contributed by atoms with Crippen molar-refractivity contribution in [1.29, 1.82) is 0 Å². The molecule has 0 aromatic heterocycles. The molecular formula is C5H8N2O. The molecule has 0 aromatic rings. The summed E-state index contributed by atoms with van der Waals surface area (Å²) < 4.78 is 5.03. The molecule has 1 heterocycles. The van der Waals surface area contributed by atoms with Crippen molar-refractivity contribution in [1.82, 2.24) is 0 Å². The molecule has 1 saturated carbocycles. The standard InChI is InChI=1S/C5H8N2O/c6-5-1-4(5)2-7-3-8-5/h3-4H,1-2,6H2. The highest BCUT2D eigenvalue weighted by Crippen LogP contribution is 2.43. The Morgan fingerprint density at radius 2 is 2.75 bits per heavy atom. The predicted octanol–water partition coefficient (Wildman–Crippen LogP) is -0.280. The lowest BCUT2D eigenvalue weighted by atomic mass is 10.4. The van der Waals surface area contributed by atoms with E-state index >= 15 is 0 Å². The summed E-state index contributed by atoms with van der Waals surface area (Å²) in [5.41, 5.74) is 5.33. The Hall–Kier alpha value is -0.570. The van der Waals surface area contributed by atoms with E-state index in [2.05, 4.69) is 4.99 Å². The summed E-state index contributed by atoms with van der Waals surface area (Å²) in [4.78, 5) is 3.92. The first-order valence-corrected chi connectivity index (χ1v) is 2.76. The molecule has 44 valence electrons. The Balaban J connectivity index is 2.17. The molecule has 2 aliphatic rings. The monoisotopic (exact) mass is 112 g/mol. The van der Waals surface area contributed by atoms with Crippen molar-refractivity contribution in [2.75, 3.05) is 6.54 Å². The van der Waals surface area contributed by atoms with Crippen LogP contribution in [0.4, 0.5) is 0 Å². The number of aliphatic imine (C=N–C) groups is 1.